The number of amides is 2. The molecule has 0 saturated carbocycles. The Morgan fingerprint density at radius 2 is 1.60 bits per heavy atom. The van der Waals surface area contributed by atoms with Gasteiger partial charge in [0.25, 0.3) is 5.91 Å². The number of thiazole rings is 1. The van der Waals surface area contributed by atoms with E-state index in [4.69, 9.17) is 4.98 Å². The topological polar surface area (TPSA) is 62.3 Å². The summed E-state index contributed by atoms with van der Waals surface area (Å²) in [5.74, 6) is 0.280. The van der Waals surface area contributed by atoms with E-state index in [1.807, 2.05) is 82.8 Å². The second-order valence-corrected chi connectivity index (χ2v) is 8.27. The Hall–Kier alpha value is -2.99. The molecule has 2 aromatic carbocycles. The van der Waals surface area contributed by atoms with Gasteiger partial charge in [-0.15, -0.1) is 11.3 Å². The van der Waals surface area contributed by atoms with Crippen molar-refractivity contribution in [3.63, 3.8) is 0 Å². The molecule has 4 rings (SSSR count). The minimum atomic E-state index is -0.207. The predicted molar refractivity (Wildman–Crippen MR) is 150 cm³/mol. The summed E-state index contributed by atoms with van der Waals surface area (Å²) < 4.78 is 1.23. The second kappa shape index (κ2) is 16.6. The van der Waals surface area contributed by atoms with Gasteiger partial charge in [0.05, 0.1) is 15.2 Å². The van der Waals surface area contributed by atoms with Crippen molar-refractivity contribution in [1.82, 2.24) is 15.2 Å². The van der Waals surface area contributed by atoms with Crippen molar-refractivity contribution >= 4 is 33.4 Å². The van der Waals surface area contributed by atoms with Crippen LogP contribution >= 0.6 is 11.3 Å². The van der Waals surface area contributed by atoms with E-state index >= 15 is 0 Å². The number of nitrogens with zero attached hydrogens (tertiary/aromatic N) is 2. The maximum absolute atomic E-state index is 12.8. The number of piperidine rings is 1. The molecule has 0 radical (unpaired) electrons. The molecule has 1 N–H and O–H groups in total. The van der Waals surface area contributed by atoms with Gasteiger partial charge in [-0.1, -0.05) is 72.4 Å². The minimum Gasteiger partial charge on any atom is -0.348 e. The number of aromatic nitrogens is 1. The Labute approximate surface area is 215 Å². The molecule has 35 heavy (non-hydrogen) atoms. The van der Waals surface area contributed by atoms with Crippen molar-refractivity contribution in [3.8, 4) is 0 Å². The first-order valence-electron chi connectivity index (χ1n) is 12.8. The molecule has 3 aromatic rings. The minimum absolute atomic E-state index is 0.0643. The van der Waals surface area contributed by atoms with Gasteiger partial charge in [0.15, 0.2) is 0 Å². The molecule has 5 nitrogen and oxygen atoms in total. The van der Waals surface area contributed by atoms with Crippen LogP contribution in [-0.4, -0.2) is 34.8 Å². The van der Waals surface area contributed by atoms with Gasteiger partial charge in [-0.05, 0) is 48.7 Å². The number of hydrogen-bond donors (Lipinski definition) is 1. The quantitative estimate of drug-likeness (QED) is 0.381. The normalized spacial score (nSPS) is 12.7. The molecule has 6 heteroatoms. The lowest BCUT2D eigenvalue weighted by Crippen LogP contribution is -2.37. The van der Waals surface area contributed by atoms with E-state index in [1.54, 1.807) is 11.3 Å². The summed E-state index contributed by atoms with van der Waals surface area (Å²) in [5.41, 5.74) is 2.70. The average molecular weight is 496 g/mol. The van der Waals surface area contributed by atoms with Gasteiger partial charge in [0.1, 0.15) is 0 Å². The Kier molecular flexibility index (Phi) is 14.3. The summed E-state index contributed by atoms with van der Waals surface area (Å²) in [5, 5.41) is 3.92. The van der Waals surface area contributed by atoms with Crippen molar-refractivity contribution in [1.29, 1.82) is 0 Å². The summed E-state index contributed by atoms with van der Waals surface area (Å²) >= 11 is 1.77. The summed E-state index contributed by atoms with van der Waals surface area (Å²) in [6.07, 6.45) is 3.13. The lowest BCUT2D eigenvalue weighted by atomic mass is 9.97. The van der Waals surface area contributed by atoms with Gasteiger partial charge < -0.3 is 10.2 Å². The van der Waals surface area contributed by atoms with Gasteiger partial charge in [-0.2, -0.15) is 0 Å². The van der Waals surface area contributed by atoms with Gasteiger partial charge >= 0.3 is 0 Å². The van der Waals surface area contributed by atoms with Crippen molar-refractivity contribution in [2.45, 2.75) is 66.8 Å². The number of carbonyl (C=O) groups excluding carboxylic acids is 2. The van der Waals surface area contributed by atoms with Crippen LogP contribution in [0.15, 0.2) is 61.2 Å². The van der Waals surface area contributed by atoms with E-state index in [0.29, 0.717) is 18.0 Å². The SMILES string of the molecule is C=CC(=O)NCc1ccc(C(=O)N2CCC(c3nc4ccccc4s3)CC2)cc1.CC.CC.CC. The summed E-state index contributed by atoms with van der Waals surface area (Å²) in [6, 6.07) is 15.7. The third-order valence-corrected chi connectivity index (χ3v) is 6.49. The number of fused-ring (bicyclic) bond motifs is 1. The van der Waals surface area contributed by atoms with E-state index in [1.165, 1.54) is 15.8 Å². The van der Waals surface area contributed by atoms with Crippen molar-refractivity contribution < 1.29 is 9.59 Å². The fourth-order valence-corrected chi connectivity index (χ4v) is 4.74. The van der Waals surface area contributed by atoms with E-state index in [2.05, 4.69) is 24.0 Å². The van der Waals surface area contributed by atoms with Crippen molar-refractivity contribution in [2.24, 2.45) is 0 Å². The smallest absolute Gasteiger partial charge is 0.253 e. The van der Waals surface area contributed by atoms with Crippen LogP contribution in [0.25, 0.3) is 10.2 Å². The third kappa shape index (κ3) is 8.62. The molecule has 0 atom stereocenters. The molecule has 1 aliphatic rings. The van der Waals surface area contributed by atoms with Crippen LogP contribution in [-0.2, 0) is 11.3 Å². The first-order chi connectivity index (χ1) is 17.1. The lowest BCUT2D eigenvalue weighted by molar-refractivity contribution is -0.116. The molecule has 0 unspecified atom stereocenters. The summed E-state index contributed by atoms with van der Waals surface area (Å²) in [7, 11) is 0. The molecule has 0 aliphatic carbocycles. The maximum Gasteiger partial charge on any atom is 0.253 e. The number of para-hydroxylation sites is 1. The molecule has 0 bridgehead atoms. The van der Waals surface area contributed by atoms with E-state index < -0.39 is 0 Å². The zero-order valence-corrected chi connectivity index (χ0v) is 23.0. The van der Waals surface area contributed by atoms with Crippen LogP contribution in [0.5, 0.6) is 0 Å². The highest BCUT2D eigenvalue weighted by Crippen LogP contribution is 2.34. The largest absolute Gasteiger partial charge is 0.348 e. The summed E-state index contributed by atoms with van der Waals surface area (Å²) in [6.45, 7) is 17.3. The average Bonchev–Trinajstić information content (AvgIpc) is 3.39. The number of nitrogens with one attached hydrogen (secondary N) is 1. The number of benzene rings is 2. The molecule has 2 amide bonds. The zero-order valence-electron chi connectivity index (χ0n) is 22.1. The monoisotopic (exact) mass is 495 g/mol. The fourth-order valence-electron chi connectivity index (χ4n) is 3.60. The molecule has 190 valence electrons. The van der Waals surface area contributed by atoms with Gasteiger partial charge in [0.2, 0.25) is 5.91 Å². The van der Waals surface area contributed by atoms with Crippen LogP contribution in [0, 0.1) is 0 Å². The number of likely N-dealkylation sites (tertiary alicyclic amines) is 1. The van der Waals surface area contributed by atoms with E-state index in [-0.39, 0.29) is 11.8 Å². The number of carbonyl (C=O) groups is 2. The molecule has 1 fully saturated rings. The fraction of sp³-hybridized carbons (Fsp3) is 0.414. The maximum atomic E-state index is 12.8. The molecule has 0 spiro atoms. The molecule has 1 aromatic heterocycles. The predicted octanol–water partition coefficient (Wildman–Crippen LogP) is 7.20. The zero-order chi connectivity index (χ0) is 26.2. The van der Waals surface area contributed by atoms with E-state index in [0.717, 1.165) is 37.0 Å². The van der Waals surface area contributed by atoms with Gasteiger partial charge in [-0.3, -0.25) is 9.59 Å². The molecular weight excluding hydrogens is 454 g/mol. The van der Waals surface area contributed by atoms with Crippen LogP contribution in [0.3, 0.4) is 0 Å². The van der Waals surface area contributed by atoms with Crippen LogP contribution in [0.2, 0.25) is 0 Å². The number of hydrogen-bond acceptors (Lipinski definition) is 4. The van der Waals surface area contributed by atoms with Crippen molar-refractivity contribution in [2.75, 3.05) is 13.1 Å². The van der Waals surface area contributed by atoms with Crippen LogP contribution in [0.1, 0.15) is 81.2 Å². The van der Waals surface area contributed by atoms with Crippen molar-refractivity contribution in [3.05, 3.63) is 77.3 Å². The Bertz CT molecular complexity index is 1000. The highest BCUT2D eigenvalue weighted by molar-refractivity contribution is 7.18. The Balaban J connectivity index is 0.000000949. The number of rotatable bonds is 5. The van der Waals surface area contributed by atoms with Crippen LogP contribution in [0.4, 0.5) is 0 Å². The van der Waals surface area contributed by atoms with Crippen LogP contribution < -0.4 is 5.32 Å². The highest BCUT2D eigenvalue weighted by atomic mass is 32.1. The summed E-state index contributed by atoms with van der Waals surface area (Å²) in [4.78, 5) is 30.8. The molecule has 2 heterocycles. The van der Waals surface area contributed by atoms with Gasteiger partial charge in [0, 0.05) is 31.1 Å². The van der Waals surface area contributed by atoms with Gasteiger partial charge in [-0.25, -0.2) is 4.98 Å². The molecule has 1 saturated heterocycles. The molecular formula is C29H41N3O2S. The standard InChI is InChI=1S/C23H23N3O2S.3C2H6/c1-2-21(27)24-15-16-7-9-18(10-8-16)23(28)26-13-11-17(12-14-26)22-25-19-5-3-4-6-20(19)29-22;3*1-2/h2-10,17H,1,11-15H2,(H,24,27);3*1-2H3. The molecule has 1 aliphatic heterocycles. The Morgan fingerprint density at radius 1 is 1.00 bits per heavy atom. The lowest BCUT2D eigenvalue weighted by Gasteiger charge is -2.31. The Morgan fingerprint density at radius 3 is 2.17 bits per heavy atom. The highest BCUT2D eigenvalue weighted by Gasteiger charge is 2.26. The third-order valence-electron chi connectivity index (χ3n) is 5.29. The first-order valence-corrected chi connectivity index (χ1v) is 13.6. The first kappa shape index (κ1) is 30.0. The second-order valence-electron chi connectivity index (χ2n) is 7.21. The van der Waals surface area contributed by atoms with E-state index in [9.17, 15) is 9.59 Å².